The number of pyridine rings is 1. The second kappa shape index (κ2) is 8.16. The SMILES string of the molecule is Cc1cccc2c(-c3cccc4nn(C)cc34)nn(-c3ccc(N4CC5CCC4CC5C(=O)O)nc3)c12. The fourth-order valence-corrected chi connectivity index (χ4v) is 6.46. The lowest BCUT2D eigenvalue weighted by atomic mass is 9.72. The molecule has 3 atom stereocenters. The van der Waals surface area contributed by atoms with Crippen molar-refractivity contribution in [2.45, 2.75) is 32.2 Å². The van der Waals surface area contributed by atoms with Crippen molar-refractivity contribution in [2.24, 2.45) is 18.9 Å². The number of carboxylic acid groups (broad SMARTS) is 1. The van der Waals surface area contributed by atoms with Crippen LogP contribution in [0.3, 0.4) is 0 Å². The van der Waals surface area contributed by atoms with E-state index in [4.69, 9.17) is 10.1 Å². The molecule has 5 aromatic rings. The molecule has 2 saturated heterocycles. The molecular weight excluding hydrogens is 464 g/mol. The zero-order chi connectivity index (χ0) is 25.3. The van der Waals surface area contributed by atoms with E-state index in [1.165, 1.54) is 0 Å². The highest BCUT2D eigenvalue weighted by molar-refractivity contribution is 6.03. The van der Waals surface area contributed by atoms with Gasteiger partial charge >= 0.3 is 5.97 Å². The van der Waals surface area contributed by atoms with E-state index in [1.807, 2.05) is 40.9 Å². The number of anilines is 1. The molecule has 2 bridgehead atoms. The van der Waals surface area contributed by atoms with E-state index in [2.05, 4.69) is 53.3 Å². The summed E-state index contributed by atoms with van der Waals surface area (Å²) in [5.41, 5.74) is 6.04. The number of hydrogen-bond acceptors (Lipinski definition) is 5. The minimum absolute atomic E-state index is 0.194. The Kier molecular flexibility index (Phi) is 4.86. The molecule has 3 aromatic heterocycles. The van der Waals surface area contributed by atoms with E-state index < -0.39 is 5.97 Å². The third kappa shape index (κ3) is 3.43. The molecule has 186 valence electrons. The van der Waals surface area contributed by atoms with E-state index in [1.54, 1.807) is 0 Å². The van der Waals surface area contributed by atoms with Crippen LogP contribution in [0.1, 0.15) is 24.8 Å². The van der Waals surface area contributed by atoms with Crippen LogP contribution in [0.4, 0.5) is 5.82 Å². The number of hydrogen-bond donors (Lipinski definition) is 1. The number of aromatic nitrogens is 5. The third-order valence-corrected chi connectivity index (χ3v) is 8.25. The van der Waals surface area contributed by atoms with Gasteiger partial charge in [-0.1, -0.05) is 30.3 Å². The first-order valence-electron chi connectivity index (χ1n) is 12.8. The fraction of sp³-hybridized carbons (Fsp3) is 0.310. The van der Waals surface area contributed by atoms with Gasteiger partial charge in [0.1, 0.15) is 11.5 Å². The topological polar surface area (TPSA) is 89.1 Å². The molecule has 1 N–H and O–H groups in total. The summed E-state index contributed by atoms with van der Waals surface area (Å²) < 4.78 is 3.84. The molecule has 5 heterocycles. The van der Waals surface area contributed by atoms with E-state index in [9.17, 15) is 9.90 Å². The molecular formula is C29H28N6O2. The van der Waals surface area contributed by atoms with Crippen molar-refractivity contribution in [2.75, 3.05) is 11.4 Å². The summed E-state index contributed by atoms with van der Waals surface area (Å²) in [6.07, 6.45) is 6.66. The van der Waals surface area contributed by atoms with Crippen molar-refractivity contribution in [1.29, 1.82) is 0 Å². The van der Waals surface area contributed by atoms with Crippen molar-refractivity contribution in [3.63, 3.8) is 0 Å². The lowest BCUT2D eigenvalue weighted by molar-refractivity contribution is -0.146. The van der Waals surface area contributed by atoms with Crippen molar-refractivity contribution in [1.82, 2.24) is 24.5 Å². The molecule has 3 aliphatic rings. The average molecular weight is 493 g/mol. The first kappa shape index (κ1) is 22.0. The molecule has 3 unspecified atom stereocenters. The number of aryl methyl sites for hydroxylation is 2. The minimum atomic E-state index is -0.656. The van der Waals surface area contributed by atoms with Gasteiger partial charge in [0.15, 0.2) is 0 Å². The van der Waals surface area contributed by atoms with E-state index >= 15 is 0 Å². The summed E-state index contributed by atoms with van der Waals surface area (Å²) in [7, 11) is 1.94. The smallest absolute Gasteiger partial charge is 0.306 e. The molecule has 1 saturated carbocycles. The molecule has 0 amide bonds. The van der Waals surface area contributed by atoms with Crippen LogP contribution < -0.4 is 4.90 Å². The average Bonchev–Trinajstić information content (AvgIpc) is 3.50. The largest absolute Gasteiger partial charge is 0.481 e. The Hall–Kier alpha value is -4.20. The summed E-state index contributed by atoms with van der Waals surface area (Å²) in [6, 6.07) is 16.8. The van der Waals surface area contributed by atoms with Crippen LogP contribution in [-0.4, -0.2) is 48.2 Å². The van der Waals surface area contributed by atoms with Crippen LogP contribution in [0.2, 0.25) is 0 Å². The number of carboxylic acids is 1. The Morgan fingerprint density at radius 2 is 1.89 bits per heavy atom. The molecule has 3 fully saturated rings. The summed E-state index contributed by atoms with van der Waals surface area (Å²) in [5.74, 6) is 0.224. The normalized spacial score (nSPS) is 21.2. The highest BCUT2D eigenvalue weighted by atomic mass is 16.4. The molecule has 8 heteroatoms. The number of para-hydroxylation sites is 1. The van der Waals surface area contributed by atoms with Crippen LogP contribution >= 0.6 is 0 Å². The van der Waals surface area contributed by atoms with Gasteiger partial charge < -0.3 is 10.0 Å². The molecule has 2 aliphatic heterocycles. The number of carbonyl (C=O) groups is 1. The maximum absolute atomic E-state index is 11.7. The Morgan fingerprint density at radius 1 is 1.03 bits per heavy atom. The number of rotatable bonds is 4. The van der Waals surface area contributed by atoms with Crippen molar-refractivity contribution < 1.29 is 9.90 Å². The predicted molar refractivity (Wildman–Crippen MR) is 143 cm³/mol. The molecule has 0 radical (unpaired) electrons. The van der Waals surface area contributed by atoms with Gasteiger partial charge in [0.2, 0.25) is 0 Å². The minimum Gasteiger partial charge on any atom is -0.481 e. The van der Waals surface area contributed by atoms with Gasteiger partial charge in [0.05, 0.1) is 28.8 Å². The summed E-state index contributed by atoms with van der Waals surface area (Å²) in [5, 5.41) is 21.5. The third-order valence-electron chi connectivity index (χ3n) is 8.25. The van der Waals surface area contributed by atoms with Gasteiger partial charge in [-0.2, -0.15) is 10.2 Å². The van der Waals surface area contributed by atoms with Crippen molar-refractivity contribution in [3.8, 4) is 16.9 Å². The lowest BCUT2D eigenvalue weighted by Gasteiger charge is -2.48. The van der Waals surface area contributed by atoms with Crippen molar-refractivity contribution >= 4 is 33.6 Å². The van der Waals surface area contributed by atoms with Crippen LogP contribution in [-0.2, 0) is 11.8 Å². The van der Waals surface area contributed by atoms with Crippen LogP contribution in [0.5, 0.6) is 0 Å². The predicted octanol–water partition coefficient (Wildman–Crippen LogP) is 4.97. The van der Waals surface area contributed by atoms with Crippen LogP contribution in [0.25, 0.3) is 38.8 Å². The maximum atomic E-state index is 11.7. The van der Waals surface area contributed by atoms with E-state index in [-0.39, 0.29) is 17.9 Å². The summed E-state index contributed by atoms with van der Waals surface area (Å²) >= 11 is 0. The van der Waals surface area contributed by atoms with Gasteiger partial charge in [-0.25, -0.2) is 9.67 Å². The Bertz CT molecular complexity index is 1670. The Morgan fingerprint density at radius 3 is 2.65 bits per heavy atom. The second-order valence-corrected chi connectivity index (χ2v) is 10.5. The fourth-order valence-electron chi connectivity index (χ4n) is 6.46. The first-order chi connectivity index (χ1) is 18.0. The quantitative estimate of drug-likeness (QED) is 0.381. The number of aliphatic carboxylic acids is 1. The molecule has 1 aliphatic carbocycles. The summed E-state index contributed by atoms with van der Waals surface area (Å²) in [4.78, 5) is 18.8. The number of fused-ring (bicyclic) bond motifs is 5. The Labute approximate surface area is 214 Å². The van der Waals surface area contributed by atoms with Gasteiger partial charge in [-0.15, -0.1) is 0 Å². The number of nitrogens with zero attached hydrogens (tertiary/aromatic N) is 6. The summed E-state index contributed by atoms with van der Waals surface area (Å²) in [6.45, 7) is 2.87. The highest BCUT2D eigenvalue weighted by Crippen LogP contribution is 2.41. The monoisotopic (exact) mass is 492 g/mol. The van der Waals surface area contributed by atoms with Gasteiger partial charge in [0, 0.05) is 42.2 Å². The second-order valence-electron chi connectivity index (χ2n) is 10.5. The maximum Gasteiger partial charge on any atom is 0.306 e. The van der Waals surface area contributed by atoms with Gasteiger partial charge in [-0.3, -0.25) is 9.48 Å². The molecule has 37 heavy (non-hydrogen) atoms. The molecule has 8 nitrogen and oxygen atoms in total. The van der Waals surface area contributed by atoms with E-state index in [0.29, 0.717) is 6.42 Å². The molecule has 8 rings (SSSR count). The zero-order valence-corrected chi connectivity index (χ0v) is 20.9. The van der Waals surface area contributed by atoms with E-state index in [0.717, 1.165) is 69.5 Å². The molecule has 2 aromatic carbocycles. The van der Waals surface area contributed by atoms with Crippen LogP contribution in [0, 0.1) is 18.8 Å². The molecule has 0 spiro atoms. The van der Waals surface area contributed by atoms with Gasteiger partial charge in [0.25, 0.3) is 0 Å². The first-order valence-corrected chi connectivity index (χ1v) is 12.8. The standard InChI is InChI=1S/C29H28N6O2/c1-17-5-3-7-22-27(21-6-4-8-25-24(21)16-33(2)31-25)32-35(28(17)22)20-11-12-26(30-14-20)34-15-18-9-10-19(34)13-23(18)29(36)37/h3-8,11-12,14,16,18-19,23H,9-10,13,15H2,1-2H3,(H,36,37). The zero-order valence-electron chi connectivity index (χ0n) is 20.9. The lowest BCUT2D eigenvalue weighted by Crippen LogP contribution is -2.54. The van der Waals surface area contributed by atoms with Gasteiger partial charge in [-0.05, 0) is 55.9 Å². The Balaban J connectivity index is 1.29. The van der Waals surface area contributed by atoms with Crippen LogP contribution in [0.15, 0.2) is 60.9 Å². The highest BCUT2D eigenvalue weighted by Gasteiger charge is 2.44. The number of benzene rings is 2. The van der Waals surface area contributed by atoms with Crippen molar-refractivity contribution in [3.05, 3.63) is 66.5 Å². The number of piperidine rings is 2.